The van der Waals surface area contributed by atoms with Crippen molar-refractivity contribution in [3.8, 4) is 5.75 Å². The zero-order valence-electron chi connectivity index (χ0n) is 17.2. The molecule has 12 heteroatoms. The standard InChI is InChI=1S/C21H16BrN7O2S2/c1-29-15-8-7-12(22)9-14(15)18-19(29)24-20(27-26-18)32-11-16(30)23-21-28-25-17(33-21)10-31-13-5-3-2-4-6-13/h2-9H,10-11H2,1H3,(H,23,28,30). The molecule has 0 aliphatic carbocycles. The molecule has 0 saturated carbocycles. The van der Waals surface area contributed by atoms with E-state index >= 15 is 0 Å². The van der Waals surface area contributed by atoms with Gasteiger partial charge in [0, 0.05) is 16.9 Å². The van der Waals surface area contributed by atoms with E-state index in [1.807, 2.05) is 60.1 Å². The van der Waals surface area contributed by atoms with Crippen LogP contribution in [0.25, 0.3) is 22.1 Å². The number of hydrogen-bond acceptors (Lipinski definition) is 9. The number of rotatable bonds is 7. The van der Waals surface area contributed by atoms with Crippen LogP contribution in [0.5, 0.6) is 5.75 Å². The van der Waals surface area contributed by atoms with Crippen LogP contribution in [0.15, 0.2) is 58.2 Å². The molecule has 0 unspecified atom stereocenters. The summed E-state index contributed by atoms with van der Waals surface area (Å²) in [7, 11) is 1.93. The Morgan fingerprint density at radius 2 is 2.00 bits per heavy atom. The third-order valence-corrected chi connectivity index (χ3v) is 6.84. The lowest BCUT2D eigenvalue weighted by atomic mass is 10.2. The molecule has 1 N–H and O–H groups in total. The summed E-state index contributed by atoms with van der Waals surface area (Å²) in [6.07, 6.45) is 0. The fourth-order valence-electron chi connectivity index (χ4n) is 3.19. The number of amides is 1. The number of ether oxygens (including phenoxy) is 1. The number of nitrogens with one attached hydrogen (secondary N) is 1. The van der Waals surface area contributed by atoms with Gasteiger partial charge in [0.05, 0.1) is 11.3 Å². The average Bonchev–Trinajstić information content (AvgIpc) is 3.39. The van der Waals surface area contributed by atoms with Gasteiger partial charge in [-0.25, -0.2) is 4.98 Å². The summed E-state index contributed by atoms with van der Waals surface area (Å²) in [5, 5.41) is 21.8. The molecule has 1 amide bonds. The number of carbonyl (C=O) groups excluding carboxylic acids is 1. The maximum Gasteiger partial charge on any atom is 0.236 e. The Hall–Kier alpha value is -3.09. The Kier molecular flexibility index (Phi) is 6.20. The number of carbonyl (C=O) groups is 1. The number of nitrogens with zero attached hydrogens (tertiary/aromatic N) is 6. The molecule has 166 valence electrons. The summed E-state index contributed by atoms with van der Waals surface area (Å²) in [4.78, 5) is 17.0. The molecular formula is C21H16BrN7O2S2. The number of halogens is 1. The van der Waals surface area contributed by atoms with Crippen LogP contribution >= 0.6 is 39.0 Å². The number of benzene rings is 2. The summed E-state index contributed by atoms with van der Waals surface area (Å²) in [5.41, 5.74) is 2.45. The Labute approximate surface area is 204 Å². The zero-order valence-corrected chi connectivity index (χ0v) is 20.4. The number of thioether (sulfide) groups is 1. The Balaban J connectivity index is 1.20. The molecule has 3 aromatic heterocycles. The molecule has 33 heavy (non-hydrogen) atoms. The largest absolute Gasteiger partial charge is 0.486 e. The second-order valence-corrected chi connectivity index (χ2v) is 9.85. The van der Waals surface area contributed by atoms with E-state index in [-0.39, 0.29) is 18.3 Å². The molecule has 5 aromatic rings. The van der Waals surface area contributed by atoms with Crippen molar-refractivity contribution in [3.05, 3.63) is 58.0 Å². The fourth-order valence-corrected chi connectivity index (χ4v) is 4.80. The SMILES string of the molecule is Cn1c2ccc(Br)cc2c2nnc(SCC(=O)Nc3nnc(COc4ccccc4)s3)nc21. The quantitative estimate of drug-likeness (QED) is 0.301. The van der Waals surface area contributed by atoms with E-state index in [9.17, 15) is 4.79 Å². The van der Waals surface area contributed by atoms with Crippen LogP contribution in [0.3, 0.4) is 0 Å². The Morgan fingerprint density at radius 3 is 2.85 bits per heavy atom. The van der Waals surface area contributed by atoms with Gasteiger partial charge in [-0.3, -0.25) is 10.1 Å². The molecule has 2 aromatic carbocycles. The summed E-state index contributed by atoms with van der Waals surface area (Å²) < 4.78 is 8.58. The number of aryl methyl sites for hydroxylation is 1. The van der Waals surface area contributed by atoms with Crippen LogP contribution in [0.2, 0.25) is 0 Å². The van der Waals surface area contributed by atoms with Gasteiger partial charge in [0.2, 0.25) is 16.2 Å². The van der Waals surface area contributed by atoms with Gasteiger partial charge in [0.15, 0.2) is 10.7 Å². The van der Waals surface area contributed by atoms with Crippen LogP contribution in [0.4, 0.5) is 5.13 Å². The van der Waals surface area contributed by atoms with Crippen molar-refractivity contribution >= 4 is 72.1 Å². The number of hydrogen-bond donors (Lipinski definition) is 1. The van der Waals surface area contributed by atoms with Crippen LogP contribution in [-0.4, -0.2) is 41.6 Å². The molecule has 9 nitrogen and oxygen atoms in total. The summed E-state index contributed by atoms with van der Waals surface area (Å²) in [5.74, 6) is 0.647. The van der Waals surface area contributed by atoms with E-state index in [4.69, 9.17) is 4.74 Å². The van der Waals surface area contributed by atoms with Crippen LogP contribution in [0, 0.1) is 0 Å². The molecule has 0 spiro atoms. The molecule has 5 rings (SSSR count). The predicted octanol–water partition coefficient (Wildman–Crippen LogP) is 4.44. The van der Waals surface area contributed by atoms with Crippen molar-refractivity contribution in [2.24, 2.45) is 7.05 Å². The molecule has 3 heterocycles. The van der Waals surface area contributed by atoms with Crippen LogP contribution in [-0.2, 0) is 18.4 Å². The minimum Gasteiger partial charge on any atom is -0.486 e. The highest BCUT2D eigenvalue weighted by atomic mass is 79.9. The minimum absolute atomic E-state index is 0.123. The van der Waals surface area contributed by atoms with Crippen molar-refractivity contribution in [2.75, 3.05) is 11.1 Å². The number of anilines is 1. The van der Waals surface area contributed by atoms with Crippen molar-refractivity contribution in [1.29, 1.82) is 0 Å². The average molecular weight is 542 g/mol. The van der Waals surface area contributed by atoms with Gasteiger partial charge in [-0.05, 0) is 30.3 Å². The third-order valence-electron chi connectivity index (χ3n) is 4.69. The Morgan fingerprint density at radius 1 is 1.15 bits per heavy atom. The highest BCUT2D eigenvalue weighted by Crippen LogP contribution is 2.28. The number of aromatic nitrogens is 6. The monoisotopic (exact) mass is 541 g/mol. The number of para-hydroxylation sites is 1. The third kappa shape index (κ3) is 4.82. The molecule has 0 aliphatic rings. The zero-order chi connectivity index (χ0) is 22.8. The van der Waals surface area contributed by atoms with Gasteiger partial charge >= 0.3 is 0 Å². The lowest BCUT2D eigenvalue weighted by Crippen LogP contribution is -2.14. The maximum atomic E-state index is 12.4. The minimum atomic E-state index is -0.226. The molecule has 0 bridgehead atoms. The molecule has 0 saturated heterocycles. The first-order chi connectivity index (χ1) is 16.1. The Bertz CT molecular complexity index is 1460. The predicted molar refractivity (Wildman–Crippen MR) is 132 cm³/mol. The van der Waals surface area contributed by atoms with Crippen molar-refractivity contribution < 1.29 is 9.53 Å². The highest BCUT2D eigenvalue weighted by Gasteiger charge is 2.15. The first-order valence-corrected chi connectivity index (χ1v) is 12.4. The fraction of sp³-hybridized carbons (Fsp3) is 0.143. The van der Waals surface area contributed by atoms with E-state index in [0.29, 0.717) is 20.9 Å². The van der Waals surface area contributed by atoms with Gasteiger partial charge in [-0.2, -0.15) is 0 Å². The molecule has 0 atom stereocenters. The van der Waals surface area contributed by atoms with Crippen LogP contribution in [0.1, 0.15) is 5.01 Å². The summed E-state index contributed by atoms with van der Waals surface area (Å²) in [6.45, 7) is 0.285. The first-order valence-electron chi connectivity index (χ1n) is 9.78. The summed E-state index contributed by atoms with van der Waals surface area (Å²) >= 11 is 5.97. The highest BCUT2D eigenvalue weighted by molar-refractivity contribution is 9.10. The molecule has 0 aliphatic heterocycles. The van der Waals surface area contributed by atoms with Gasteiger partial charge in [0.25, 0.3) is 0 Å². The van der Waals surface area contributed by atoms with Gasteiger partial charge < -0.3 is 9.30 Å². The van der Waals surface area contributed by atoms with E-state index < -0.39 is 0 Å². The topological polar surface area (TPSA) is 108 Å². The van der Waals surface area contributed by atoms with Crippen molar-refractivity contribution in [1.82, 2.24) is 29.9 Å². The smallest absolute Gasteiger partial charge is 0.236 e. The van der Waals surface area contributed by atoms with E-state index in [1.54, 1.807) is 0 Å². The summed E-state index contributed by atoms with van der Waals surface area (Å²) in [6, 6.07) is 15.4. The van der Waals surface area contributed by atoms with Gasteiger partial charge in [-0.1, -0.05) is 57.2 Å². The lowest BCUT2D eigenvalue weighted by Gasteiger charge is -2.02. The molecular weight excluding hydrogens is 526 g/mol. The van der Waals surface area contributed by atoms with E-state index in [0.717, 1.165) is 26.6 Å². The first kappa shape index (κ1) is 21.7. The molecule has 0 fully saturated rings. The lowest BCUT2D eigenvalue weighted by molar-refractivity contribution is -0.113. The molecule has 0 radical (unpaired) electrons. The number of fused-ring (bicyclic) bond motifs is 3. The maximum absolute atomic E-state index is 12.4. The second kappa shape index (κ2) is 9.41. The van der Waals surface area contributed by atoms with Crippen molar-refractivity contribution in [3.63, 3.8) is 0 Å². The van der Waals surface area contributed by atoms with E-state index in [2.05, 4.69) is 46.6 Å². The van der Waals surface area contributed by atoms with Crippen molar-refractivity contribution in [2.45, 2.75) is 11.8 Å². The van der Waals surface area contributed by atoms with Gasteiger partial charge in [-0.15, -0.1) is 20.4 Å². The van der Waals surface area contributed by atoms with Gasteiger partial charge in [0.1, 0.15) is 17.9 Å². The van der Waals surface area contributed by atoms with E-state index in [1.165, 1.54) is 23.1 Å². The second-order valence-electron chi connectivity index (χ2n) is 6.93. The normalized spacial score (nSPS) is 11.2. The van der Waals surface area contributed by atoms with Crippen LogP contribution < -0.4 is 10.1 Å².